The molecule has 0 spiro atoms. The molecule has 0 aromatic heterocycles. The lowest BCUT2D eigenvalue weighted by Crippen LogP contribution is -2.48. The lowest BCUT2D eigenvalue weighted by Gasteiger charge is -2.39. The average molecular weight is 750 g/mol. The molecule has 2 unspecified atom stereocenters. The first-order valence-electron chi connectivity index (χ1n) is 14.9. The number of hydrogen-bond acceptors (Lipinski definition) is 4. The van der Waals surface area contributed by atoms with Crippen LogP contribution in [0.5, 0.6) is 5.75 Å². The van der Waals surface area contributed by atoms with Crippen molar-refractivity contribution in [1.82, 2.24) is 5.32 Å². The van der Waals surface area contributed by atoms with Crippen molar-refractivity contribution in [3.63, 3.8) is 0 Å². The van der Waals surface area contributed by atoms with E-state index in [0.29, 0.717) is 24.3 Å². The monoisotopic (exact) mass is 749 g/mol. The molecule has 5 nitrogen and oxygen atoms in total. The number of carbonyl (C=O) groups is 2. The van der Waals surface area contributed by atoms with Crippen LogP contribution in [0.1, 0.15) is 72.1 Å². The summed E-state index contributed by atoms with van der Waals surface area (Å²) in [5.41, 5.74) is -9.16. The number of ether oxygens (including phenoxy) is 2. The summed E-state index contributed by atoms with van der Waals surface area (Å²) in [7, 11) is 0. The van der Waals surface area contributed by atoms with Crippen LogP contribution in [0.25, 0.3) is 0 Å². The molecule has 0 heterocycles. The summed E-state index contributed by atoms with van der Waals surface area (Å²) in [5, 5.41) is 2.18. The second-order valence-corrected chi connectivity index (χ2v) is 11.3. The Labute approximate surface area is 281 Å². The van der Waals surface area contributed by atoms with Gasteiger partial charge in [0.15, 0.2) is 0 Å². The highest BCUT2D eigenvalue weighted by Crippen LogP contribution is 2.44. The topological polar surface area (TPSA) is 64.6 Å². The SMILES string of the molecule is CCCC(CC(=O)OCC)CC(NC(=O)c1ccc(F)c(C(F)(F)F)c1)(c1cc(F)cc(OC(F)(F)C(F)F)c1)c1ccc(F)c(C(F)(F)F)c1. The summed E-state index contributed by atoms with van der Waals surface area (Å²) in [6.45, 7) is 2.90. The van der Waals surface area contributed by atoms with E-state index in [1.54, 1.807) is 6.92 Å². The highest BCUT2D eigenvalue weighted by molar-refractivity contribution is 5.95. The summed E-state index contributed by atoms with van der Waals surface area (Å²) in [6.07, 6.45) is -21.6. The maximum atomic E-state index is 15.2. The van der Waals surface area contributed by atoms with Crippen LogP contribution >= 0.6 is 0 Å². The van der Waals surface area contributed by atoms with Crippen molar-refractivity contribution in [3.05, 3.63) is 99.9 Å². The zero-order chi connectivity index (χ0) is 38.5. The van der Waals surface area contributed by atoms with Gasteiger partial charge in [-0.15, -0.1) is 0 Å². The van der Waals surface area contributed by atoms with Crippen LogP contribution in [0.15, 0.2) is 54.6 Å². The third kappa shape index (κ3) is 10.1. The molecular formula is C33H28F13NO4. The number of hydrogen-bond donors (Lipinski definition) is 1. The van der Waals surface area contributed by atoms with Crippen molar-refractivity contribution >= 4 is 11.9 Å². The van der Waals surface area contributed by atoms with Crippen molar-refractivity contribution in [1.29, 1.82) is 0 Å². The molecule has 3 aromatic carbocycles. The number of esters is 1. The molecule has 1 amide bonds. The van der Waals surface area contributed by atoms with E-state index in [4.69, 9.17) is 4.74 Å². The smallest absolute Gasteiger partial charge is 0.461 e. The summed E-state index contributed by atoms with van der Waals surface area (Å²) >= 11 is 0. The minimum Gasteiger partial charge on any atom is -0.466 e. The number of alkyl halides is 10. The van der Waals surface area contributed by atoms with E-state index in [9.17, 15) is 62.3 Å². The Hall–Kier alpha value is -4.51. The maximum Gasteiger partial charge on any atom is 0.461 e. The lowest BCUT2D eigenvalue weighted by molar-refractivity contribution is -0.253. The van der Waals surface area contributed by atoms with E-state index >= 15 is 4.39 Å². The van der Waals surface area contributed by atoms with Crippen LogP contribution in [0.4, 0.5) is 57.1 Å². The van der Waals surface area contributed by atoms with E-state index < -0.39 is 112 Å². The third-order valence-corrected chi connectivity index (χ3v) is 7.55. The molecule has 280 valence electrons. The van der Waals surface area contributed by atoms with Gasteiger partial charge in [0.05, 0.1) is 23.3 Å². The van der Waals surface area contributed by atoms with Crippen molar-refractivity contribution in [2.24, 2.45) is 5.92 Å². The molecule has 0 bridgehead atoms. The van der Waals surface area contributed by atoms with Crippen LogP contribution in [0.2, 0.25) is 0 Å². The zero-order valence-electron chi connectivity index (χ0n) is 26.4. The van der Waals surface area contributed by atoms with Gasteiger partial charge in [-0.05, 0) is 72.9 Å². The van der Waals surface area contributed by atoms with Gasteiger partial charge in [-0.1, -0.05) is 25.8 Å². The number of rotatable bonds is 14. The molecule has 3 rings (SSSR count). The first kappa shape index (κ1) is 40.9. The molecule has 3 aromatic rings. The van der Waals surface area contributed by atoms with E-state index in [1.807, 2.05) is 0 Å². The van der Waals surface area contributed by atoms with Crippen LogP contribution in [-0.4, -0.2) is 31.0 Å². The maximum absolute atomic E-state index is 15.2. The molecule has 0 fully saturated rings. The Balaban J connectivity index is 2.46. The molecule has 0 radical (unpaired) electrons. The number of halogens is 13. The molecular weight excluding hydrogens is 721 g/mol. The van der Waals surface area contributed by atoms with Crippen molar-refractivity contribution in [3.8, 4) is 5.75 Å². The van der Waals surface area contributed by atoms with Crippen LogP contribution in [0.3, 0.4) is 0 Å². The second kappa shape index (κ2) is 15.8. The van der Waals surface area contributed by atoms with E-state index in [1.165, 1.54) is 6.92 Å². The Kier molecular flexibility index (Phi) is 12.7. The molecule has 0 saturated carbocycles. The Bertz CT molecular complexity index is 1710. The largest absolute Gasteiger partial charge is 0.466 e. The number of amides is 1. The minimum absolute atomic E-state index is 0.000649. The van der Waals surface area contributed by atoms with Gasteiger partial charge in [0.25, 0.3) is 5.91 Å². The van der Waals surface area contributed by atoms with Crippen molar-refractivity contribution in [2.45, 2.75) is 70.0 Å². The number of carbonyl (C=O) groups excluding carboxylic acids is 2. The zero-order valence-corrected chi connectivity index (χ0v) is 26.4. The van der Waals surface area contributed by atoms with Crippen molar-refractivity contribution < 1.29 is 76.1 Å². The predicted octanol–water partition coefficient (Wildman–Crippen LogP) is 9.81. The Morgan fingerprint density at radius 3 is 1.90 bits per heavy atom. The van der Waals surface area contributed by atoms with Gasteiger partial charge in [-0.3, -0.25) is 9.59 Å². The Morgan fingerprint density at radius 2 is 1.35 bits per heavy atom. The van der Waals surface area contributed by atoms with Gasteiger partial charge >= 0.3 is 30.9 Å². The molecule has 0 aliphatic rings. The predicted molar refractivity (Wildman–Crippen MR) is 153 cm³/mol. The van der Waals surface area contributed by atoms with Crippen LogP contribution in [-0.2, 0) is 27.4 Å². The normalized spacial score (nSPS) is 14.2. The first-order valence-corrected chi connectivity index (χ1v) is 14.9. The molecule has 0 aliphatic heterocycles. The fourth-order valence-corrected chi connectivity index (χ4v) is 5.40. The average Bonchev–Trinajstić information content (AvgIpc) is 2.99. The number of nitrogens with one attached hydrogen (secondary N) is 1. The lowest BCUT2D eigenvalue weighted by atomic mass is 9.73. The standard InChI is InChI=1S/C33H28F13NO4/c1-3-5-17(10-27(48)50-4-2)16-30(19-7-9-26(36)24(14-19)32(42,43)44,20-12-21(34)15-22(13-20)51-33(45,46)29(37)38)47-28(49)18-6-8-25(35)23(11-18)31(39,40)41/h6-9,11-15,17,29H,3-5,10,16H2,1-2H3,(H,47,49). The van der Waals surface area contributed by atoms with Crippen molar-refractivity contribution in [2.75, 3.05) is 6.61 Å². The fraction of sp³-hybridized carbons (Fsp3) is 0.394. The van der Waals surface area contributed by atoms with Gasteiger partial charge in [-0.2, -0.15) is 43.9 Å². The fourth-order valence-electron chi connectivity index (χ4n) is 5.40. The van der Waals surface area contributed by atoms with E-state index in [0.717, 1.165) is 0 Å². The molecule has 51 heavy (non-hydrogen) atoms. The highest BCUT2D eigenvalue weighted by atomic mass is 19.4. The van der Waals surface area contributed by atoms with Gasteiger partial charge in [0.1, 0.15) is 23.2 Å². The molecule has 1 N–H and O–H groups in total. The molecule has 0 saturated heterocycles. The summed E-state index contributed by atoms with van der Waals surface area (Å²) in [4.78, 5) is 26.3. The van der Waals surface area contributed by atoms with Gasteiger partial charge < -0.3 is 14.8 Å². The van der Waals surface area contributed by atoms with Gasteiger partial charge in [-0.25, -0.2) is 13.2 Å². The van der Waals surface area contributed by atoms with E-state index in [2.05, 4.69) is 10.1 Å². The summed E-state index contributed by atoms with van der Waals surface area (Å²) < 4.78 is 189. The quantitative estimate of drug-likeness (QED) is 0.132. The summed E-state index contributed by atoms with van der Waals surface area (Å²) in [5.74, 6) is -10.1. The minimum atomic E-state index is -5.43. The third-order valence-electron chi connectivity index (χ3n) is 7.55. The first-order chi connectivity index (χ1) is 23.5. The summed E-state index contributed by atoms with van der Waals surface area (Å²) in [6, 6.07) is 3.03. The Morgan fingerprint density at radius 1 is 0.765 bits per heavy atom. The molecule has 2 atom stereocenters. The van der Waals surface area contributed by atoms with Crippen LogP contribution in [0, 0.1) is 23.4 Å². The highest BCUT2D eigenvalue weighted by Gasteiger charge is 2.46. The van der Waals surface area contributed by atoms with Crippen LogP contribution < -0.4 is 10.1 Å². The second-order valence-electron chi connectivity index (χ2n) is 11.3. The van der Waals surface area contributed by atoms with Gasteiger partial charge in [0.2, 0.25) is 0 Å². The van der Waals surface area contributed by atoms with E-state index in [-0.39, 0.29) is 49.8 Å². The molecule has 18 heteroatoms. The number of benzene rings is 3. The van der Waals surface area contributed by atoms with Gasteiger partial charge in [0, 0.05) is 18.1 Å². The molecule has 0 aliphatic carbocycles.